The summed E-state index contributed by atoms with van der Waals surface area (Å²) < 4.78 is 74.2. The van der Waals surface area contributed by atoms with Crippen LogP contribution in [0.4, 0.5) is 33.3 Å². The molecule has 2 atom stereocenters. The molecule has 2 bridgehead atoms. The number of aromatic nitrogens is 5. The summed E-state index contributed by atoms with van der Waals surface area (Å²) in [5.41, 5.74) is 4.19. The van der Waals surface area contributed by atoms with Crippen LogP contribution in [0.15, 0.2) is 71.8 Å². The molecule has 0 spiro atoms. The summed E-state index contributed by atoms with van der Waals surface area (Å²) in [4.78, 5) is 35.5. The van der Waals surface area contributed by atoms with Crippen LogP contribution in [0.3, 0.4) is 0 Å². The number of halogens is 5. The van der Waals surface area contributed by atoms with Crippen molar-refractivity contribution in [3.8, 4) is 28.3 Å². The van der Waals surface area contributed by atoms with Gasteiger partial charge in [0.25, 0.3) is 5.56 Å². The number of nitrogens with one attached hydrogen (secondary N) is 1. The summed E-state index contributed by atoms with van der Waals surface area (Å²) in [6.45, 7) is -1.30. The lowest BCUT2D eigenvalue weighted by Crippen LogP contribution is -2.30. The molecule has 5 N–H and O–H groups in total. The highest BCUT2D eigenvalue weighted by atomic mass is 19.4. The number of amides is 1. The molecule has 3 aromatic heterocycles. The molecule has 12 nitrogen and oxygen atoms in total. The molecule has 4 heterocycles. The van der Waals surface area contributed by atoms with Crippen molar-refractivity contribution in [2.45, 2.75) is 45.0 Å². The van der Waals surface area contributed by atoms with Gasteiger partial charge in [0.1, 0.15) is 11.4 Å². The van der Waals surface area contributed by atoms with Crippen molar-refractivity contribution in [1.82, 2.24) is 24.3 Å². The third kappa shape index (κ3) is 6.94. The topological polar surface area (TPSA) is 159 Å². The molecule has 17 heteroatoms. The van der Waals surface area contributed by atoms with Crippen LogP contribution >= 0.6 is 0 Å². The Labute approximate surface area is 264 Å². The maximum absolute atomic E-state index is 13.9. The summed E-state index contributed by atoms with van der Waals surface area (Å²) in [5, 5.41) is 7.13. The van der Waals surface area contributed by atoms with Crippen LogP contribution in [0.2, 0.25) is 0 Å². The van der Waals surface area contributed by atoms with Crippen LogP contribution in [-0.2, 0) is 4.79 Å². The van der Waals surface area contributed by atoms with E-state index >= 15 is 0 Å². The number of fused-ring (bicyclic) bond motifs is 4. The zero-order chi connectivity index (χ0) is 34.0. The first-order chi connectivity index (χ1) is 22.3. The third-order valence-corrected chi connectivity index (χ3v) is 7.73. The van der Waals surface area contributed by atoms with Crippen molar-refractivity contribution in [3.05, 3.63) is 83.1 Å². The van der Waals surface area contributed by atoms with Gasteiger partial charge in [-0.3, -0.25) is 24.1 Å². The second-order valence-corrected chi connectivity index (χ2v) is 10.8. The molecular weight excluding hydrogens is 629 g/mol. The van der Waals surface area contributed by atoms with E-state index in [0.29, 0.717) is 46.6 Å². The molecule has 47 heavy (non-hydrogen) atoms. The number of alkyl halides is 5. The molecule has 1 aliphatic rings. The fourth-order valence-corrected chi connectivity index (χ4v) is 5.26. The Balaban J connectivity index is 1.60. The first kappa shape index (κ1) is 33.1. The highest BCUT2D eigenvalue weighted by Crippen LogP contribution is 2.36. The Morgan fingerprint density at radius 1 is 1.15 bits per heavy atom. The molecule has 0 saturated carbocycles. The minimum atomic E-state index is -4.83. The highest BCUT2D eigenvalue weighted by Gasteiger charge is 2.32. The van der Waals surface area contributed by atoms with Crippen molar-refractivity contribution in [3.63, 3.8) is 0 Å². The van der Waals surface area contributed by atoms with Gasteiger partial charge in [-0.05, 0) is 43.2 Å². The smallest absolute Gasteiger partial charge is 0.432 e. The molecule has 2 unspecified atom stereocenters. The number of hydrogen-bond donors (Lipinski definition) is 3. The molecule has 0 aliphatic carbocycles. The van der Waals surface area contributed by atoms with Gasteiger partial charge in [-0.1, -0.05) is 13.3 Å². The lowest BCUT2D eigenvalue weighted by Gasteiger charge is -2.23. The zero-order valence-corrected chi connectivity index (χ0v) is 25.1. The number of nitrogens with zero attached hydrogens (tertiary/aromatic N) is 6. The van der Waals surface area contributed by atoms with Gasteiger partial charge in [-0.25, -0.2) is 15.5 Å². The predicted octanol–water partition coefficient (Wildman–Crippen LogP) is 4.96. The molecule has 0 radical (unpaired) electrons. The molecule has 1 aromatic carbocycles. The second kappa shape index (κ2) is 13.2. The minimum absolute atomic E-state index is 0.0264. The molecule has 4 aromatic rings. The van der Waals surface area contributed by atoms with Gasteiger partial charge in [0.2, 0.25) is 5.91 Å². The van der Waals surface area contributed by atoms with E-state index in [-0.39, 0.29) is 39.8 Å². The van der Waals surface area contributed by atoms with Crippen LogP contribution in [0, 0.1) is 5.92 Å². The van der Waals surface area contributed by atoms with Crippen molar-refractivity contribution in [2.24, 2.45) is 17.5 Å². The Kier molecular flexibility index (Phi) is 9.28. The van der Waals surface area contributed by atoms with E-state index in [4.69, 9.17) is 16.3 Å². The Morgan fingerprint density at radius 2 is 1.91 bits per heavy atom. The first-order valence-electron chi connectivity index (χ1n) is 14.3. The van der Waals surface area contributed by atoms with Crippen LogP contribution < -0.4 is 32.2 Å². The molecular formula is C30H30F5N9O3. The lowest BCUT2D eigenvalue weighted by molar-refractivity contribution is -0.119. The average molecular weight is 660 g/mol. The van der Waals surface area contributed by atoms with E-state index in [1.807, 2.05) is 0 Å². The number of hydrazine groups is 1. The van der Waals surface area contributed by atoms with Gasteiger partial charge in [-0.2, -0.15) is 27.1 Å². The maximum Gasteiger partial charge on any atom is 0.432 e. The molecule has 0 saturated heterocycles. The van der Waals surface area contributed by atoms with Crippen molar-refractivity contribution < 1.29 is 31.5 Å². The largest absolute Gasteiger partial charge is 0.497 e. The number of methoxy groups -OCH3 is 1. The highest BCUT2D eigenvalue weighted by molar-refractivity contribution is 5.95. The van der Waals surface area contributed by atoms with E-state index in [2.05, 4.69) is 20.4 Å². The first-order valence-corrected chi connectivity index (χ1v) is 14.3. The summed E-state index contributed by atoms with van der Waals surface area (Å²) in [7, 11) is 1.39. The SMILES string of the molecule is COc1ccc(N(N)/C=C(\N)C(F)(F)F)c(-c2cc(=O)n(C3CCCC(C)C(=O)Nc4cnn(C(F)F)c4-c4ccnc3c4)cn2)c1. The van der Waals surface area contributed by atoms with E-state index in [0.717, 1.165) is 6.20 Å². The van der Waals surface area contributed by atoms with Gasteiger partial charge in [0, 0.05) is 35.5 Å². The quantitative estimate of drug-likeness (QED) is 0.148. The van der Waals surface area contributed by atoms with Crippen LogP contribution in [-0.4, -0.2) is 43.5 Å². The number of benzene rings is 1. The average Bonchev–Trinajstić information content (AvgIpc) is 3.46. The number of allylic oxidation sites excluding steroid dienone is 1. The molecule has 0 fully saturated rings. The Bertz CT molecular complexity index is 1870. The van der Waals surface area contributed by atoms with Crippen molar-refractivity contribution in [2.75, 3.05) is 17.4 Å². The minimum Gasteiger partial charge on any atom is -0.497 e. The Hall–Kier alpha value is -5.32. The lowest BCUT2D eigenvalue weighted by atomic mass is 9.97. The number of carbonyl (C=O) groups is 1. The standard InChI is InChI=1S/C30H30F5N9O3/c1-16-4-3-5-24(21-10-17(8-9-38-21)27-22(41-28(16)46)13-40-44(27)29(31)32)42-15-39-20(12-26(42)45)19-11-18(47-2)6-7-23(19)43(37)14-25(36)30(33,34)35/h6-16,24,29H,3-5,36-37H2,1-2H3,(H,41,46)/b25-14-. The van der Waals surface area contributed by atoms with E-state index in [1.54, 1.807) is 13.0 Å². The van der Waals surface area contributed by atoms with Gasteiger partial charge in [-0.15, -0.1) is 0 Å². The number of anilines is 2. The van der Waals surface area contributed by atoms with Crippen molar-refractivity contribution >= 4 is 17.3 Å². The molecule has 5 rings (SSSR count). The third-order valence-electron chi connectivity index (χ3n) is 7.73. The summed E-state index contributed by atoms with van der Waals surface area (Å²) in [6.07, 6.45) is 0.728. The Morgan fingerprint density at radius 3 is 2.60 bits per heavy atom. The number of rotatable bonds is 6. The van der Waals surface area contributed by atoms with Crippen LogP contribution in [0.5, 0.6) is 5.75 Å². The monoisotopic (exact) mass is 659 g/mol. The number of hydrogen-bond acceptors (Lipinski definition) is 9. The summed E-state index contributed by atoms with van der Waals surface area (Å²) in [6, 6.07) is 7.81. The van der Waals surface area contributed by atoms with E-state index in [1.165, 1.54) is 54.5 Å². The van der Waals surface area contributed by atoms with E-state index in [9.17, 15) is 31.5 Å². The van der Waals surface area contributed by atoms with Crippen LogP contribution in [0.1, 0.15) is 44.5 Å². The number of ether oxygens (including phenoxy) is 1. The molecule has 248 valence electrons. The zero-order valence-electron chi connectivity index (χ0n) is 25.1. The molecule has 1 aliphatic heterocycles. The number of nitrogens with two attached hydrogens (primary N) is 2. The molecule has 1 amide bonds. The fourth-order valence-electron chi connectivity index (χ4n) is 5.26. The van der Waals surface area contributed by atoms with Crippen LogP contribution in [0.25, 0.3) is 22.5 Å². The van der Waals surface area contributed by atoms with E-state index < -0.39 is 35.9 Å². The van der Waals surface area contributed by atoms with Gasteiger partial charge < -0.3 is 15.8 Å². The summed E-state index contributed by atoms with van der Waals surface area (Å²) >= 11 is 0. The normalized spacial score (nSPS) is 17.4. The van der Waals surface area contributed by atoms with Gasteiger partial charge >= 0.3 is 12.7 Å². The fraction of sp³-hybridized carbons (Fsp3) is 0.300. The predicted molar refractivity (Wildman–Crippen MR) is 162 cm³/mol. The second-order valence-electron chi connectivity index (χ2n) is 10.8. The maximum atomic E-state index is 13.9. The summed E-state index contributed by atoms with van der Waals surface area (Å²) in [5.74, 6) is 5.39. The van der Waals surface area contributed by atoms with Gasteiger partial charge in [0.15, 0.2) is 0 Å². The number of pyridine rings is 1. The van der Waals surface area contributed by atoms with Gasteiger partial charge in [0.05, 0.1) is 54.1 Å². The van der Waals surface area contributed by atoms with Crippen molar-refractivity contribution in [1.29, 1.82) is 0 Å². The number of carbonyl (C=O) groups excluding carboxylic acids is 1.